The Kier molecular flexibility index (Phi) is 5.49. The fraction of sp³-hybridized carbons (Fsp3) is 0.455. The van der Waals surface area contributed by atoms with Crippen LogP contribution in [0.15, 0.2) is 24.4 Å². The van der Waals surface area contributed by atoms with Gasteiger partial charge in [0.1, 0.15) is 5.82 Å². The van der Waals surface area contributed by atoms with Crippen LogP contribution in [0.5, 0.6) is 0 Å². The summed E-state index contributed by atoms with van der Waals surface area (Å²) in [5, 5.41) is 3.42. The maximum Gasteiger partial charge on any atom is 0.255 e. The van der Waals surface area contributed by atoms with Crippen LogP contribution in [0.4, 0.5) is 10.1 Å². The fourth-order valence-corrected chi connectivity index (χ4v) is 4.34. The van der Waals surface area contributed by atoms with Crippen LogP contribution in [0.1, 0.15) is 42.2 Å². The molecule has 7 heteroatoms. The van der Waals surface area contributed by atoms with Crippen molar-refractivity contribution in [1.82, 2.24) is 10.3 Å². The van der Waals surface area contributed by atoms with E-state index in [9.17, 15) is 9.18 Å². The van der Waals surface area contributed by atoms with E-state index in [1.54, 1.807) is 12.3 Å². The third kappa shape index (κ3) is 4.23. The number of pyridine rings is 1. The Hall–Kier alpha value is -2.18. The molecule has 1 aliphatic heterocycles. The lowest BCUT2D eigenvalue weighted by atomic mass is 9.98. The second-order valence-corrected chi connectivity index (χ2v) is 8.67. The monoisotopic (exact) mass is 416 g/mol. The van der Waals surface area contributed by atoms with Crippen molar-refractivity contribution >= 4 is 23.2 Å². The van der Waals surface area contributed by atoms with Gasteiger partial charge in [0.15, 0.2) is 0 Å². The van der Waals surface area contributed by atoms with Crippen LogP contribution in [0, 0.1) is 18.7 Å². The van der Waals surface area contributed by atoms with E-state index in [4.69, 9.17) is 17.3 Å². The highest BCUT2D eigenvalue weighted by Gasteiger charge is 2.32. The van der Waals surface area contributed by atoms with Gasteiger partial charge in [-0.3, -0.25) is 9.78 Å². The number of benzene rings is 1. The van der Waals surface area contributed by atoms with E-state index in [2.05, 4.69) is 15.2 Å². The number of hydrogen-bond acceptors (Lipinski definition) is 4. The molecule has 1 aromatic carbocycles. The predicted molar refractivity (Wildman–Crippen MR) is 114 cm³/mol. The van der Waals surface area contributed by atoms with Gasteiger partial charge < -0.3 is 16.0 Å². The minimum absolute atomic E-state index is 0.0358. The van der Waals surface area contributed by atoms with Crippen LogP contribution in [0.25, 0.3) is 11.1 Å². The Morgan fingerprint density at radius 2 is 2.10 bits per heavy atom. The maximum atomic E-state index is 14.1. The topological polar surface area (TPSA) is 71.2 Å². The maximum absolute atomic E-state index is 14.1. The Morgan fingerprint density at radius 3 is 2.72 bits per heavy atom. The zero-order valence-electron chi connectivity index (χ0n) is 16.7. The number of amides is 1. The first-order chi connectivity index (χ1) is 13.8. The van der Waals surface area contributed by atoms with Gasteiger partial charge >= 0.3 is 0 Å². The zero-order valence-corrected chi connectivity index (χ0v) is 17.5. The van der Waals surface area contributed by atoms with Crippen LogP contribution in [-0.2, 0) is 0 Å². The van der Waals surface area contributed by atoms with E-state index < -0.39 is 5.82 Å². The van der Waals surface area contributed by atoms with E-state index in [-0.39, 0.29) is 18.0 Å². The van der Waals surface area contributed by atoms with Crippen molar-refractivity contribution in [3.63, 3.8) is 0 Å². The van der Waals surface area contributed by atoms with Gasteiger partial charge in [0.05, 0.1) is 11.3 Å². The molecule has 0 bridgehead atoms. The summed E-state index contributed by atoms with van der Waals surface area (Å²) >= 11 is 6.13. The number of hydrogen-bond donors (Lipinski definition) is 2. The van der Waals surface area contributed by atoms with E-state index >= 15 is 0 Å². The average molecular weight is 417 g/mol. The standard InChI is InChI=1S/C22H26ClFN4O/c1-12(14-3-4-14)27-22(29)19-10-26-13(2)20(15-7-16(23)9-17(24)8-15)21(19)28-6-5-18(25)11-28/h7-10,12,14,18H,3-6,11,25H2,1-2H3,(H,27,29)/t12?,18-/m0/s1. The number of carbonyl (C=O) groups is 1. The van der Waals surface area contributed by atoms with E-state index in [1.165, 1.54) is 12.1 Å². The molecule has 1 aromatic heterocycles. The van der Waals surface area contributed by atoms with Crippen molar-refractivity contribution in [3.8, 4) is 11.1 Å². The summed E-state index contributed by atoms with van der Waals surface area (Å²) in [6.45, 7) is 5.27. The van der Waals surface area contributed by atoms with Gasteiger partial charge in [-0.1, -0.05) is 11.6 Å². The predicted octanol–water partition coefficient (Wildman–Crippen LogP) is 3.92. The number of carbonyl (C=O) groups excluding carboxylic acids is 1. The molecule has 2 aliphatic rings. The highest BCUT2D eigenvalue weighted by molar-refractivity contribution is 6.31. The molecule has 3 N–H and O–H groups in total. The van der Waals surface area contributed by atoms with Crippen LogP contribution in [0.2, 0.25) is 5.02 Å². The number of aromatic nitrogens is 1. The SMILES string of the molecule is Cc1ncc(C(=O)NC(C)C2CC2)c(N2CC[C@H](N)C2)c1-c1cc(F)cc(Cl)c1. The molecule has 1 amide bonds. The van der Waals surface area contributed by atoms with Crippen molar-refractivity contribution in [3.05, 3.63) is 46.5 Å². The van der Waals surface area contributed by atoms with Crippen molar-refractivity contribution < 1.29 is 9.18 Å². The summed E-state index contributed by atoms with van der Waals surface area (Å²) in [6, 6.07) is 4.57. The molecule has 154 valence electrons. The number of halogens is 2. The first kappa shape index (κ1) is 20.1. The molecule has 0 spiro atoms. The molecule has 1 saturated heterocycles. The Bertz CT molecular complexity index is 926. The summed E-state index contributed by atoms with van der Waals surface area (Å²) < 4.78 is 14.1. The number of aryl methyl sites for hydroxylation is 1. The van der Waals surface area contributed by atoms with Crippen LogP contribution < -0.4 is 16.0 Å². The molecule has 29 heavy (non-hydrogen) atoms. The summed E-state index contributed by atoms with van der Waals surface area (Å²) in [7, 11) is 0. The van der Waals surface area contributed by atoms with Crippen LogP contribution in [0.3, 0.4) is 0 Å². The quantitative estimate of drug-likeness (QED) is 0.775. The summed E-state index contributed by atoms with van der Waals surface area (Å²) in [5.74, 6) is -0.0354. The van der Waals surface area contributed by atoms with E-state index in [0.717, 1.165) is 37.1 Å². The van der Waals surface area contributed by atoms with Gasteiger partial charge in [-0.05, 0) is 62.8 Å². The number of nitrogens with one attached hydrogen (secondary N) is 1. The number of nitrogens with two attached hydrogens (primary N) is 1. The van der Waals surface area contributed by atoms with Gasteiger partial charge in [0.25, 0.3) is 5.91 Å². The summed E-state index contributed by atoms with van der Waals surface area (Å²) in [6.07, 6.45) is 4.75. The molecule has 1 unspecified atom stereocenters. The first-order valence-electron chi connectivity index (χ1n) is 10.1. The molecule has 5 nitrogen and oxygen atoms in total. The summed E-state index contributed by atoms with van der Waals surface area (Å²) in [4.78, 5) is 19.8. The molecule has 4 rings (SSSR count). The number of nitrogens with zero attached hydrogens (tertiary/aromatic N) is 2. The fourth-order valence-electron chi connectivity index (χ4n) is 4.12. The van der Waals surface area contributed by atoms with Crippen molar-refractivity contribution in [2.45, 2.75) is 45.2 Å². The number of rotatable bonds is 5. The summed E-state index contributed by atoms with van der Waals surface area (Å²) in [5.41, 5.74) is 9.46. The Morgan fingerprint density at radius 1 is 1.34 bits per heavy atom. The smallest absolute Gasteiger partial charge is 0.255 e. The highest BCUT2D eigenvalue weighted by atomic mass is 35.5. The largest absolute Gasteiger partial charge is 0.369 e. The normalized spacial score (nSPS) is 20.0. The van der Waals surface area contributed by atoms with Gasteiger partial charge in [-0.25, -0.2) is 4.39 Å². The van der Waals surface area contributed by atoms with Crippen molar-refractivity contribution in [2.24, 2.45) is 11.7 Å². The third-order valence-electron chi connectivity index (χ3n) is 5.87. The van der Waals surface area contributed by atoms with Crippen LogP contribution >= 0.6 is 11.6 Å². The zero-order chi connectivity index (χ0) is 20.7. The molecule has 2 aromatic rings. The molecule has 0 radical (unpaired) electrons. The molecule has 1 saturated carbocycles. The Balaban J connectivity index is 1.83. The number of anilines is 1. The lowest BCUT2D eigenvalue weighted by Crippen LogP contribution is -2.36. The van der Waals surface area contributed by atoms with Crippen molar-refractivity contribution in [1.29, 1.82) is 0 Å². The van der Waals surface area contributed by atoms with E-state index in [0.29, 0.717) is 34.3 Å². The first-order valence-corrected chi connectivity index (χ1v) is 10.5. The minimum Gasteiger partial charge on any atom is -0.369 e. The molecule has 1 aliphatic carbocycles. The molecule has 2 atom stereocenters. The highest BCUT2D eigenvalue weighted by Crippen LogP contribution is 2.39. The van der Waals surface area contributed by atoms with Gasteiger partial charge in [-0.15, -0.1) is 0 Å². The molecule has 2 fully saturated rings. The minimum atomic E-state index is -0.423. The lowest BCUT2D eigenvalue weighted by molar-refractivity contribution is 0.0936. The van der Waals surface area contributed by atoms with Gasteiger partial charge in [-0.2, -0.15) is 0 Å². The van der Waals surface area contributed by atoms with Gasteiger partial charge in [0.2, 0.25) is 0 Å². The second kappa shape index (κ2) is 7.92. The second-order valence-electron chi connectivity index (χ2n) is 8.23. The molecule has 2 heterocycles. The molecular formula is C22H26ClFN4O. The van der Waals surface area contributed by atoms with Crippen LogP contribution in [-0.4, -0.2) is 36.1 Å². The molecular weight excluding hydrogens is 391 g/mol. The third-order valence-corrected chi connectivity index (χ3v) is 6.08. The average Bonchev–Trinajstić information content (AvgIpc) is 3.42. The Labute approximate surface area is 175 Å². The van der Waals surface area contributed by atoms with Gasteiger partial charge in [0, 0.05) is 47.7 Å². The lowest BCUT2D eigenvalue weighted by Gasteiger charge is -2.26. The van der Waals surface area contributed by atoms with E-state index in [1.807, 2.05) is 13.8 Å². The van der Waals surface area contributed by atoms with Crippen molar-refractivity contribution in [2.75, 3.05) is 18.0 Å².